The van der Waals surface area contributed by atoms with Gasteiger partial charge in [-0.1, -0.05) is 25.1 Å². The second kappa shape index (κ2) is 7.18. The molecule has 0 unspecified atom stereocenters. The Morgan fingerprint density at radius 3 is 2.83 bits per heavy atom. The highest BCUT2D eigenvalue weighted by atomic mass is 16.3. The molecule has 0 bridgehead atoms. The largest absolute Gasteiger partial charge is 0.389 e. The summed E-state index contributed by atoms with van der Waals surface area (Å²) in [5.74, 6) is 1.65. The molecule has 2 heterocycles. The van der Waals surface area contributed by atoms with Crippen molar-refractivity contribution in [3.05, 3.63) is 47.2 Å². The van der Waals surface area contributed by atoms with Gasteiger partial charge in [0.2, 0.25) is 5.95 Å². The zero-order valence-electron chi connectivity index (χ0n) is 14.7. The molecule has 3 rings (SSSR count). The van der Waals surface area contributed by atoms with Crippen LogP contribution in [0.25, 0.3) is 0 Å². The van der Waals surface area contributed by atoms with E-state index in [9.17, 15) is 5.11 Å². The minimum Gasteiger partial charge on any atom is -0.389 e. The third-order valence-electron chi connectivity index (χ3n) is 4.68. The van der Waals surface area contributed by atoms with Gasteiger partial charge in [0.05, 0.1) is 6.10 Å². The highest BCUT2D eigenvalue weighted by Crippen LogP contribution is 2.26. The molecule has 1 aliphatic rings. The van der Waals surface area contributed by atoms with Crippen molar-refractivity contribution >= 4 is 11.8 Å². The van der Waals surface area contributed by atoms with E-state index in [2.05, 4.69) is 46.2 Å². The first-order valence-corrected chi connectivity index (χ1v) is 8.71. The summed E-state index contributed by atoms with van der Waals surface area (Å²) in [6.07, 6.45) is 3.41. The summed E-state index contributed by atoms with van der Waals surface area (Å²) >= 11 is 0. The maximum Gasteiger partial charge on any atom is 0.224 e. The smallest absolute Gasteiger partial charge is 0.224 e. The van der Waals surface area contributed by atoms with Crippen molar-refractivity contribution in [2.24, 2.45) is 0 Å². The van der Waals surface area contributed by atoms with Gasteiger partial charge in [0.15, 0.2) is 0 Å². The Bertz CT molecular complexity index is 702. The number of fused-ring (bicyclic) bond motifs is 1. The summed E-state index contributed by atoms with van der Waals surface area (Å²) in [7, 11) is 0. The lowest BCUT2D eigenvalue weighted by Crippen LogP contribution is -2.31. The van der Waals surface area contributed by atoms with E-state index < -0.39 is 6.10 Å². The SMILES string of the molecule is CC[C@@H](C)Nc1nccc(N2CCc3cc([C@@H](C)O)ccc3C2)n1. The summed E-state index contributed by atoms with van der Waals surface area (Å²) in [6, 6.07) is 8.61. The van der Waals surface area contributed by atoms with Crippen molar-refractivity contribution in [2.75, 3.05) is 16.8 Å². The molecule has 24 heavy (non-hydrogen) atoms. The zero-order chi connectivity index (χ0) is 17.1. The standard InChI is InChI=1S/C19H26N4O/c1-4-13(2)21-19-20-9-7-18(22-19)23-10-8-16-11-15(14(3)24)5-6-17(16)12-23/h5-7,9,11,13-14,24H,4,8,10,12H2,1-3H3,(H,20,21,22)/t13-,14-/m1/s1. The number of anilines is 2. The van der Waals surface area contributed by atoms with Crippen LogP contribution in [0.5, 0.6) is 0 Å². The van der Waals surface area contributed by atoms with Crippen LogP contribution in [0, 0.1) is 0 Å². The molecule has 0 amide bonds. The fourth-order valence-electron chi connectivity index (χ4n) is 2.95. The summed E-state index contributed by atoms with van der Waals surface area (Å²) in [5.41, 5.74) is 3.63. The Kier molecular flexibility index (Phi) is 5.00. The van der Waals surface area contributed by atoms with Gasteiger partial charge in [-0.25, -0.2) is 4.98 Å². The number of aliphatic hydroxyl groups excluding tert-OH is 1. The van der Waals surface area contributed by atoms with Crippen molar-refractivity contribution in [1.29, 1.82) is 0 Å². The number of hydrogen-bond donors (Lipinski definition) is 2. The number of nitrogens with one attached hydrogen (secondary N) is 1. The van der Waals surface area contributed by atoms with E-state index in [1.54, 1.807) is 0 Å². The number of aromatic nitrogens is 2. The fraction of sp³-hybridized carbons (Fsp3) is 0.474. The molecular formula is C19H26N4O. The van der Waals surface area contributed by atoms with E-state index in [0.29, 0.717) is 12.0 Å². The molecule has 0 aliphatic carbocycles. The Balaban J connectivity index is 1.77. The third kappa shape index (κ3) is 3.67. The van der Waals surface area contributed by atoms with E-state index in [1.165, 1.54) is 11.1 Å². The molecule has 1 aromatic heterocycles. The van der Waals surface area contributed by atoms with Crippen LogP contribution in [0.1, 0.15) is 50.0 Å². The number of hydrogen-bond acceptors (Lipinski definition) is 5. The average Bonchev–Trinajstić information content (AvgIpc) is 2.60. The predicted octanol–water partition coefficient (Wildman–Crippen LogP) is 3.30. The first-order chi connectivity index (χ1) is 11.6. The fourth-order valence-corrected chi connectivity index (χ4v) is 2.95. The van der Waals surface area contributed by atoms with Crippen LogP contribution in [-0.2, 0) is 13.0 Å². The predicted molar refractivity (Wildman–Crippen MR) is 97.2 cm³/mol. The van der Waals surface area contributed by atoms with E-state index in [0.717, 1.165) is 37.3 Å². The molecule has 2 N–H and O–H groups in total. The van der Waals surface area contributed by atoms with Gasteiger partial charge < -0.3 is 15.3 Å². The molecule has 0 fully saturated rings. The van der Waals surface area contributed by atoms with Gasteiger partial charge >= 0.3 is 0 Å². The van der Waals surface area contributed by atoms with Crippen LogP contribution in [-0.4, -0.2) is 27.7 Å². The van der Waals surface area contributed by atoms with Crippen LogP contribution >= 0.6 is 0 Å². The van der Waals surface area contributed by atoms with Crippen LogP contribution in [0.4, 0.5) is 11.8 Å². The average molecular weight is 326 g/mol. The van der Waals surface area contributed by atoms with Gasteiger partial charge in [0.1, 0.15) is 5.82 Å². The second-order valence-electron chi connectivity index (χ2n) is 6.57. The molecule has 1 aliphatic heterocycles. The molecule has 128 valence electrons. The van der Waals surface area contributed by atoms with Gasteiger partial charge in [-0.15, -0.1) is 0 Å². The van der Waals surface area contributed by atoms with Crippen LogP contribution in [0.3, 0.4) is 0 Å². The van der Waals surface area contributed by atoms with Crippen molar-refractivity contribution in [3.8, 4) is 0 Å². The summed E-state index contributed by atoms with van der Waals surface area (Å²) in [4.78, 5) is 11.3. The molecule has 1 aromatic carbocycles. The monoisotopic (exact) mass is 326 g/mol. The van der Waals surface area contributed by atoms with Gasteiger partial charge in [0.25, 0.3) is 0 Å². The van der Waals surface area contributed by atoms with Gasteiger partial charge in [-0.2, -0.15) is 4.98 Å². The molecule has 0 radical (unpaired) electrons. The van der Waals surface area contributed by atoms with Gasteiger partial charge in [-0.3, -0.25) is 0 Å². The molecule has 0 saturated heterocycles. The molecule has 0 saturated carbocycles. The topological polar surface area (TPSA) is 61.3 Å². The Hall–Kier alpha value is -2.14. The van der Waals surface area contributed by atoms with Crippen molar-refractivity contribution in [1.82, 2.24) is 9.97 Å². The number of rotatable bonds is 5. The van der Waals surface area contributed by atoms with Crippen LogP contribution in [0.15, 0.2) is 30.5 Å². The lowest BCUT2D eigenvalue weighted by molar-refractivity contribution is 0.199. The highest BCUT2D eigenvalue weighted by molar-refractivity contribution is 5.47. The maximum atomic E-state index is 9.74. The maximum absolute atomic E-state index is 9.74. The van der Waals surface area contributed by atoms with E-state index in [1.807, 2.05) is 25.3 Å². The first-order valence-electron chi connectivity index (χ1n) is 8.71. The van der Waals surface area contributed by atoms with E-state index in [-0.39, 0.29) is 0 Å². The minimum atomic E-state index is -0.413. The van der Waals surface area contributed by atoms with E-state index in [4.69, 9.17) is 0 Å². The number of nitrogens with zero attached hydrogens (tertiary/aromatic N) is 3. The molecule has 2 aromatic rings. The van der Waals surface area contributed by atoms with Crippen LogP contribution in [0.2, 0.25) is 0 Å². The summed E-state index contributed by atoms with van der Waals surface area (Å²) < 4.78 is 0. The minimum absolute atomic E-state index is 0.362. The Labute approximate surface area is 143 Å². The molecule has 5 heteroatoms. The molecule has 0 spiro atoms. The summed E-state index contributed by atoms with van der Waals surface area (Å²) in [5, 5.41) is 13.1. The lowest BCUT2D eigenvalue weighted by atomic mass is 9.96. The number of aliphatic hydroxyl groups is 1. The van der Waals surface area contributed by atoms with Gasteiger partial charge in [-0.05, 0) is 49.4 Å². The van der Waals surface area contributed by atoms with Gasteiger partial charge in [0, 0.05) is 25.3 Å². The van der Waals surface area contributed by atoms with E-state index >= 15 is 0 Å². The highest BCUT2D eigenvalue weighted by Gasteiger charge is 2.19. The van der Waals surface area contributed by atoms with Crippen molar-refractivity contribution < 1.29 is 5.11 Å². The quantitative estimate of drug-likeness (QED) is 0.883. The van der Waals surface area contributed by atoms with Crippen molar-refractivity contribution in [3.63, 3.8) is 0 Å². The molecular weight excluding hydrogens is 300 g/mol. The van der Waals surface area contributed by atoms with Crippen LogP contribution < -0.4 is 10.2 Å². The summed E-state index contributed by atoms with van der Waals surface area (Å²) in [6.45, 7) is 7.85. The van der Waals surface area contributed by atoms with Crippen molar-refractivity contribution in [2.45, 2.75) is 52.3 Å². The molecule has 2 atom stereocenters. The Morgan fingerprint density at radius 1 is 1.25 bits per heavy atom. The molecule has 5 nitrogen and oxygen atoms in total. The Morgan fingerprint density at radius 2 is 2.08 bits per heavy atom. The first kappa shape index (κ1) is 16.7. The lowest BCUT2D eigenvalue weighted by Gasteiger charge is -2.30. The third-order valence-corrected chi connectivity index (χ3v) is 4.68. The number of benzene rings is 1. The zero-order valence-corrected chi connectivity index (χ0v) is 14.7. The second-order valence-corrected chi connectivity index (χ2v) is 6.57. The normalized spacial score (nSPS) is 16.4.